The zero-order chi connectivity index (χ0) is 17.3. The second-order valence-electron chi connectivity index (χ2n) is 6.10. The zero-order valence-electron chi connectivity index (χ0n) is 14.0. The summed E-state index contributed by atoms with van der Waals surface area (Å²) in [5, 5.41) is 11.3. The lowest BCUT2D eigenvalue weighted by Gasteiger charge is -2.14. The first-order chi connectivity index (χ1) is 11.5. The average molecular weight is 320 g/mol. The molecule has 1 unspecified atom stereocenters. The number of hydrogen-bond acceptors (Lipinski definition) is 3. The number of fused-ring (bicyclic) bond motifs is 1. The highest BCUT2D eigenvalue weighted by atomic mass is 16.4. The fourth-order valence-electron chi connectivity index (χ4n) is 2.89. The van der Waals surface area contributed by atoms with E-state index in [1.807, 2.05) is 55.4 Å². The van der Waals surface area contributed by atoms with Crippen molar-refractivity contribution >= 4 is 22.4 Å². The van der Waals surface area contributed by atoms with Crippen LogP contribution in [0.3, 0.4) is 0 Å². The molecule has 122 valence electrons. The Labute approximate surface area is 141 Å². The number of nitrogens with zero attached hydrogens (tertiary/aromatic N) is 2. The molecule has 4 nitrogen and oxygen atoms in total. The molecule has 0 spiro atoms. The van der Waals surface area contributed by atoms with Crippen molar-refractivity contribution in [1.29, 1.82) is 0 Å². The molecule has 3 aromatic rings. The predicted molar refractivity (Wildman–Crippen MR) is 97.6 cm³/mol. The van der Waals surface area contributed by atoms with Gasteiger partial charge in [-0.05, 0) is 36.1 Å². The largest absolute Gasteiger partial charge is 0.481 e. The van der Waals surface area contributed by atoms with Crippen LogP contribution in [-0.4, -0.2) is 30.2 Å². The first-order valence-electron chi connectivity index (χ1n) is 7.87. The van der Waals surface area contributed by atoms with Gasteiger partial charge in [-0.25, -0.2) is 0 Å². The van der Waals surface area contributed by atoms with E-state index in [0.29, 0.717) is 0 Å². The van der Waals surface area contributed by atoms with E-state index in [0.717, 1.165) is 33.3 Å². The summed E-state index contributed by atoms with van der Waals surface area (Å²) in [4.78, 5) is 18.0. The van der Waals surface area contributed by atoms with Gasteiger partial charge in [-0.15, -0.1) is 0 Å². The smallest absolute Gasteiger partial charge is 0.310 e. The van der Waals surface area contributed by atoms with Gasteiger partial charge < -0.3 is 10.0 Å². The third-order valence-corrected chi connectivity index (χ3v) is 4.33. The summed E-state index contributed by atoms with van der Waals surface area (Å²) < 4.78 is 0. The molecule has 0 aliphatic rings. The summed E-state index contributed by atoms with van der Waals surface area (Å²) in [6, 6.07) is 15.9. The maximum atomic E-state index is 11.4. The molecular formula is C20H20N2O2. The monoisotopic (exact) mass is 320 g/mol. The van der Waals surface area contributed by atoms with Gasteiger partial charge in [0.05, 0.1) is 11.6 Å². The predicted octanol–water partition coefficient (Wildman–Crippen LogP) is 4.16. The summed E-state index contributed by atoms with van der Waals surface area (Å²) >= 11 is 0. The molecule has 0 fully saturated rings. The number of aromatic nitrogens is 1. The molecule has 0 saturated carbocycles. The minimum absolute atomic E-state index is 0.555. The molecule has 1 atom stereocenters. The number of aliphatic carboxylic acids is 1. The van der Waals surface area contributed by atoms with Crippen LogP contribution in [0.25, 0.3) is 22.0 Å². The van der Waals surface area contributed by atoms with Gasteiger partial charge in [-0.1, -0.05) is 30.3 Å². The molecule has 0 aliphatic carbocycles. The van der Waals surface area contributed by atoms with Crippen molar-refractivity contribution in [2.45, 2.75) is 12.8 Å². The molecular weight excluding hydrogens is 300 g/mol. The highest BCUT2D eigenvalue weighted by molar-refractivity contribution is 5.98. The summed E-state index contributed by atoms with van der Waals surface area (Å²) in [6.07, 6.45) is 1.75. The molecule has 0 amide bonds. The van der Waals surface area contributed by atoms with Crippen LogP contribution >= 0.6 is 0 Å². The van der Waals surface area contributed by atoms with Gasteiger partial charge in [-0.3, -0.25) is 9.78 Å². The van der Waals surface area contributed by atoms with E-state index in [2.05, 4.69) is 17.1 Å². The van der Waals surface area contributed by atoms with Gasteiger partial charge in [0, 0.05) is 36.9 Å². The Hall–Kier alpha value is -2.88. The molecule has 0 radical (unpaired) electrons. The van der Waals surface area contributed by atoms with Gasteiger partial charge in [0.2, 0.25) is 0 Å². The minimum Gasteiger partial charge on any atom is -0.481 e. The lowest BCUT2D eigenvalue weighted by Crippen LogP contribution is -2.08. The molecule has 4 heteroatoms. The standard InChI is InChI=1S/C20H20N2O2/c1-13(20(23)24)16-5-4-6-18-17(16)11-12-21-19(18)14-7-9-15(10-8-14)22(2)3/h4-13H,1-3H3,(H,23,24). The van der Waals surface area contributed by atoms with Crippen molar-refractivity contribution in [3.8, 4) is 11.3 Å². The second-order valence-corrected chi connectivity index (χ2v) is 6.10. The molecule has 2 aromatic carbocycles. The first-order valence-corrected chi connectivity index (χ1v) is 7.87. The van der Waals surface area contributed by atoms with E-state index in [-0.39, 0.29) is 0 Å². The number of carboxylic acid groups (broad SMARTS) is 1. The molecule has 1 aromatic heterocycles. The fourth-order valence-corrected chi connectivity index (χ4v) is 2.89. The van der Waals surface area contributed by atoms with E-state index in [4.69, 9.17) is 0 Å². The van der Waals surface area contributed by atoms with Crippen molar-refractivity contribution in [1.82, 2.24) is 4.98 Å². The Morgan fingerprint density at radius 2 is 1.75 bits per heavy atom. The molecule has 0 saturated heterocycles. The maximum absolute atomic E-state index is 11.4. The van der Waals surface area contributed by atoms with Crippen LogP contribution in [0, 0.1) is 0 Å². The Bertz CT molecular complexity index is 886. The number of carbonyl (C=O) groups is 1. The van der Waals surface area contributed by atoms with Crippen LogP contribution in [0.15, 0.2) is 54.7 Å². The average Bonchev–Trinajstić information content (AvgIpc) is 2.60. The molecule has 1 N–H and O–H groups in total. The SMILES string of the molecule is CC(C(=O)O)c1cccc2c(-c3ccc(N(C)C)cc3)nccc12. The summed E-state index contributed by atoms with van der Waals surface area (Å²) in [5.74, 6) is -1.38. The third-order valence-electron chi connectivity index (χ3n) is 4.33. The van der Waals surface area contributed by atoms with Gasteiger partial charge in [0.15, 0.2) is 0 Å². The van der Waals surface area contributed by atoms with Crippen LogP contribution in [-0.2, 0) is 4.79 Å². The molecule has 24 heavy (non-hydrogen) atoms. The van der Waals surface area contributed by atoms with Gasteiger partial charge >= 0.3 is 5.97 Å². The molecule has 3 rings (SSSR count). The van der Waals surface area contributed by atoms with Crippen LogP contribution in [0.5, 0.6) is 0 Å². The van der Waals surface area contributed by atoms with Crippen molar-refractivity contribution in [3.63, 3.8) is 0 Å². The second kappa shape index (κ2) is 6.32. The van der Waals surface area contributed by atoms with Crippen LogP contribution in [0.4, 0.5) is 5.69 Å². The van der Waals surface area contributed by atoms with Gasteiger partial charge in [0.1, 0.15) is 0 Å². The Balaban J connectivity index is 2.16. The number of anilines is 1. The highest BCUT2D eigenvalue weighted by Gasteiger charge is 2.17. The van der Waals surface area contributed by atoms with Gasteiger partial charge in [-0.2, -0.15) is 0 Å². The van der Waals surface area contributed by atoms with Crippen LogP contribution in [0.1, 0.15) is 18.4 Å². The van der Waals surface area contributed by atoms with E-state index in [1.54, 1.807) is 13.1 Å². The third kappa shape index (κ3) is 2.83. The molecule has 0 aliphatic heterocycles. The van der Waals surface area contributed by atoms with Crippen molar-refractivity contribution < 1.29 is 9.90 Å². The lowest BCUT2D eigenvalue weighted by atomic mass is 9.93. The Morgan fingerprint density at radius 3 is 2.38 bits per heavy atom. The first kappa shape index (κ1) is 16.0. The van der Waals surface area contributed by atoms with E-state index >= 15 is 0 Å². The summed E-state index contributed by atoms with van der Waals surface area (Å²) in [5.41, 5.74) is 3.83. The summed E-state index contributed by atoms with van der Waals surface area (Å²) in [7, 11) is 4.01. The number of carboxylic acids is 1. The normalized spacial score (nSPS) is 12.1. The van der Waals surface area contributed by atoms with Crippen molar-refractivity contribution in [2.24, 2.45) is 0 Å². The van der Waals surface area contributed by atoms with E-state index in [9.17, 15) is 9.90 Å². The molecule has 0 bridgehead atoms. The minimum atomic E-state index is -0.823. The molecule has 1 heterocycles. The topological polar surface area (TPSA) is 53.4 Å². The highest BCUT2D eigenvalue weighted by Crippen LogP contribution is 2.32. The van der Waals surface area contributed by atoms with Crippen molar-refractivity contribution in [2.75, 3.05) is 19.0 Å². The summed E-state index contributed by atoms with van der Waals surface area (Å²) in [6.45, 7) is 1.71. The van der Waals surface area contributed by atoms with Crippen molar-refractivity contribution in [3.05, 3.63) is 60.3 Å². The maximum Gasteiger partial charge on any atom is 0.310 e. The van der Waals surface area contributed by atoms with Gasteiger partial charge in [0.25, 0.3) is 0 Å². The zero-order valence-corrected chi connectivity index (χ0v) is 14.0. The van der Waals surface area contributed by atoms with Crippen LogP contribution in [0.2, 0.25) is 0 Å². The number of rotatable bonds is 4. The van der Waals surface area contributed by atoms with Crippen LogP contribution < -0.4 is 4.90 Å². The quantitative estimate of drug-likeness (QED) is 0.784. The van der Waals surface area contributed by atoms with E-state index < -0.39 is 11.9 Å². The fraction of sp³-hybridized carbons (Fsp3) is 0.200. The Morgan fingerprint density at radius 1 is 1.04 bits per heavy atom. The lowest BCUT2D eigenvalue weighted by molar-refractivity contribution is -0.138. The number of pyridine rings is 1. The van der Waals surface area contributed by atoms with E-state index in [1.165, 1.54) is 0 Å². The number of benzene rings is 2. The number of hydrogen-bond donors (Lipinski definition) is 1. The Kier molecular flexibility index (Phi) is 4.21.